The minimum absolute atomic E-state index is 0.115. The molecule has 0 aliphatic carbocycles. The number of para-hydroxylation sites is 1. The van der Waals surface area contributed by atoms with Gasteiger partial charge in [0, 0.05) is 31.4 Å². The van der Waals surface area contributed by atoms with Crippen LogP contribution in [-0.2, 0) is 4.79 Å². The van der Waals surface area contributed by atoms with Crippen molar-refractivity contribution in [1.29, 1.82) is 0 Å². The van der Waals surface area contributed by atoms with E-state index in [2.05, 4.69) is 10.3 Å². The molecule has 0 spiro atoms. The Hall–Kier alpha value is -2.43. The second-order valence-corrected chi connectivity index (χ2v) is 5.48. The fourth-order valence-electron chi connectivity index (χ4n) is 2.69. The van der Waals surface area contributed by atoms with E-state index in [0.717, 1.165) is 36.8 Å². The first-order chi connectivity index (χ1) is 10.7. The van der Waals surface area contributed by atoms with Gasteiger partial charge in [-0.2, -0.15) is 0 Å². The number of likely N-dealkylation sites (tertiary alicyclic amines) is 1. The van der Waals surface area contributed by atoms with Gasteiger partial charge in [0.05, 0.1) is 5.52 Å². The molecule has 1 aromatic heterocycles. The first-order valence-electron chi connectivity index (χ1n) is 7.66. The molecule has 114 valence electrons. The van der Waals surface area contributed by atoms with Crippen LogP contribution < -0.4 is 5.32 Å². The molecule has 5 heteroatoms. The molecule has 0 bridgehead atoms. The standard InChI is InChI=1S/C17H19N3O2/c21-16(20-11-3-4-12-20)9-10-18-17(22)15-8-7-13-5-1-2-6-14(13)19-15/h1-2,5-8H,3-4,9-12H2,(H,18,22). The van der Waals surface area contributed by atoms with Gasteiger partial charge < -0.3 is 10.2 Å². The maximum atomic E-state index is 12.1. The molecule has 0 unspecified atom stereocenters. The van der Waals surface area contributed by atoms with E-state index in [9.17, 15) is 9.59 Å². The Morgan fingerprint density at radius 3 is 2.68 bits per heavy atom. The summed E-state index contributed by atoms with van der Waals surface area (Å²) in [4.78, 5) is 30.2. The largest absolute Gasteiger partial charge is 0.350 e. The summed E-state index contributed by atoms with van der Waals surface area (Å²) in [5.41, 5.74) is 1.18. The number of nitrogens with zero attached hydrogens (tertiary/aromatic N) is 2. The number of amides is 2. The van der Waals surface area contributed by atoms with Gasteiger partial charge in [0.15, 0.2) is 0 Å². The Labute approximate surface area is 129 Å². The average Bonchev–Trinajstić information content (AvgIpc) is 3.08. The Bertz CT molecular complexity index is 693. The number of fused-ring (bicyclic) bond motifs is 1. The zero-order chi connectivity index (χ0) is 15.4. The second kappa shape index (κ2) is 6.56. The Kier molecular flexibility index (Phi) is 4.32. The van der Waals surface area contributed by atoms with Crippen LogP contribution in [0, 0.1) is 0 Å². The van der Waals surface area contributed by atoms with Gasteiger partial charge in [-0.05, 0) is 25.0 Å². The van der Waals surface area contributed by atoms with Gasteiger partial charge in [-0.15, -0.1) is 0 Å². The van der Waals surface area contributed by atoms with Crippen molar-refractivity contribution in [3.63, 3.8) is 0 Å². The lowest BCUT2D eigenvalue weighted by Crippen LogP contribution is -2.32. The van der Waals surface area contributed by atoms with Crippen LogP contribution >= 0.6 is 0 Å². The molecule has 0 radical (unpaired) electrons. The molecule has 5 nitrogen and oxygen atoms in total. The fraction of sp³-hybridized carbons (Fsp3) is 0.353. The number of pyridine rings is 1. The monoisotopic (exact) mass is 297 g/mol. The van der Waals surface area contributed by atoms with E-state index in [-0.39, 0.29) is 11.8 Å². The summed E-state index contributed by atoms with van der Waals surface area (Å²) < 4.78 is 0. The molecule has 0 atom stereocenters. The molecule has 1 N–H and O–H groups in total. The molecule has 0 saturated carbocycles. The van der Waals surface area contributed by atoms with Crippen LogP contribution in [0.25, 0.3) is 10.9 Å². The van der Waals surface area contributed by atoms with Crippen molar-refractivity contribution < 1.29 is 9.59 Å². The third kappa shape index (κ3) is 3.24. The highest BCUT2D eigenvalue weighted by Crippen LogP contribution is 2.12. The van der Waals surface area contributed by atoms with Crippen LogP contribution in [-0.4, -0.2) is 41.3 Å². The van der Waals surface area contributed by atoms with Crippen molar-refractivity contribution in [2.75, 3.05) is 19.6 Å². The molecule has 22 heavy (non-hydrogen) atoms. The molecule has 2 heterocycles. The number of benzene rings is 1. The van der Waals surface area contributed by atoms with Crippen molar-refractivity contribution in [2.45, 2.75) is 19.3 Å². The van der Waals surface area contributed by atoms with E-state index in [4.69, 9.17) is 0 Å². The van der Waals surface area contributed by atoms with Gasteiger partial charge in [-0.1, -0.05) is 24.3 Å². The highest BCUT2D eigenvalue weighted by atomic mass is 16.2. The lowest BCUT2D eigenvalue weighted by atomic mass is 10.2. The number of carbonyl (C=O) groups is 2. The number of aromatic nitrogens is 1. The number of hydrogen-bond acceptors (Lipinski definition) is 3. The smallest absolute Gasteiger partial charge is 0.269 e. The molecule has 1 saturated heterocycles. The van der Waals surface area contributed by atoms with Crippen LogP contribution in [0.5, 0.6) is 0 Å². The topological polar surface area (TPSA) is 62.3 Å². The summed E-state index contributed by atoms with van der Waals surface area (Å²) in [6.45, 7) is 2.04. The molecule has 1 aromatic carbocycles. The molecule has 2 aromatic rings. The summed E-state index contributed by atoms with van der Waals surface area (Å²) >= 11 is 0. The maximum absolute atomic E-state index is 12.1. The number of hydrogen-bond donors (Lipinski definition) is 1. The number of carbonyl (C=O) groups excluding carboxylic acids is 2. The maximum Gasteiger partial charge on any atom is 0.269 e. The van der Waals surface area contributed by atoms with E-state index in [0.29, 0.717) is 18.7 Å². The highest BCUT2D eigenvalue weighted by molar-refractivity contribution is 5.95. The predicted molar refractivity (Wildman–Crippen MR) is 84.5 cm³/mol. The van der Waals surface area contributed by atoms with Gasteiger partial charge in [0.2, 0.25) is 5.91 Å². The van der Waals surface area contributed by atoms with Crippen molar-refractivity contribution in [3.05, 3.63) is 42.1 Å². The average molecular weight is 297 g/mol. The summed E-state index contributed by atoms with van der Waals surface area (Å²) in [6, 6.07) is 11.3. The van der Waals surface area contributed by atoms with Crippen molar-refractivity contribution in [1.82, 2.24) is 15.2 Å². The quantitative estimate of drug-likeness (QED) is 0.938. The van der Waals surface area contributed by atoms with E-state index in [1.807, 2.05) is 35.2 Å². The van der Waals surface area contributed by atoms with Crippen LogP contribution in [0.2, 0.25) is 0 Å². The molecule has 1 fully saturated rings. The molecular formula is C17H19N3O2. The summed E-state index contributed by atoms with van der Waals surface area (Å²) in [5, 5.41) is 3.77. The first kappa shape index (κ1) is 14.5. The summed E-state index contributed by atoms with van der Waals surface area (Å²) in [5.74, 6) is -0.121. The molecular weight excluding hydrogens is 278 g/mol. The predicted octanol–water partition coefficient (Wildman–Crippen LogP) is 1.98. The third-order valence-electron chi connectivity index (χ3n) is 3.91. The van der Waals surface area contributed by atoms with Gasteiger partial charge in [-0.25, -0.2) is 4.98 Å². The zero-order valence-electron chi connectivity index (χ0n) is 12.4. The minimum Gasteiger partial charge on any atom is -0.350 e. The van der Waals surface area contributed by atoms with Crippen molar-refractivity contribution in [2.24, 2.45) is 0 Å². The van der Waals surface area contributed by atoms with Crippen LogP contribution in [0.4, 0.5) is 0 Å². The van der Waals surface area contributed by atoms with Gasteiger partial charge in [-0.3, -0.25) is 9.59 Å². The van der Waals surface area contributed by atoms with Crippen LogP contribution in [0.15, 0.2) is 36.4 Å². The van der Waals surface area contributed by atoms with E-state index in [1.54, 1.807) is 6.07 Å². The number of nitrogens with one attached hydrogen (secondary N) is 1. The first-order valence-corrected chi connectivity index (χ1v) is 7.66. The Morgan fingerprint density at radius 1 is 1.09 bits per heavy atom. The summed E-state index contributed by atoms with van der Waals surface area (Å²) in [7, 11) is 0. The highest BCUT2D eigenvalue weighted by Gasteiger charge is 2.17. The molecule has 3 rings (SSSR count). The minimum atomic E-state index is -0.236. The number of rotatable bonds is 4. The lowest BCUT2D eigenvalue weighted by molar-refractivity contribution is -0.129. The van der Waals surface area contributed by atoms with Gasteiger partial charge >= 0.3 is 0 Å². The lowest BCUT2D eigenvalue weighted by Gasteiger charge is -2.15. The normalized spacial score (nSPS) is 14.3. The van der Waals surface area contributed by atoms with Crippen molar-refractivity contribution in [3.8, 4) is 0 Å². The zero-order valence-corrected chi connectivity index (χ0v) is 12.4. The molecule has 1 aliphatic heterocycles. The van der Waals surface area contributed by atoms with Gasteiger partial charge in [0.25, 0.3) is 5.91 Å². The molecule has 2 amide bonds. The van der Waals surface area contributed by atoms with Crippen LogP contribution in [0.3, 0.4) is 0 Å². The second-order valence-electron chi connectivity index (χ2n) is 5.48. The SMILES string of the molecule is O=C(NCCC(=O)N1CCCC1)c1ccc2ccccc2n1. The Balaban J connectivity index is 1.55. The van der Waals surface area contributed by atoms with Gasteiger partial charge in [0.1, 0.15) is 5.69 Å². The van der Waals surface area contributed by atoms with Crippen LogP contribution in [0.1, 0.15) is 29.8 Å². The summed E-state index contributed by atoms with van der Waals surface area (Å²) in [6.07, 6.45) is 2.51. The fourth-order valence-corrected chi connectivity index (χ4v) is 2.69. The molecule has 1 aliphatic rings. The van der Waals surface area contributed by atoms with E-state index in [1.165, 1.54) is 0 Å². The third-order valence-corrected chi connectivity index (χ3v) is 3.91. The Morgan fingerprint density at radius 2 is 1.86 bits per heavy atom. The van der Waals surface area contributed by atoms with E-state index >= 15 is 0 Å². The van der Waals surface area contributed by atoms with Crippen molar-refractivity contribution >= 4 is 22.7 Å². The van der Waals surface area contributed by atoms with E-state index < -0.39 is 0 Å².